The summed E-state index contributed by atoms with van der Waals surface area (Å²) in [5.41, 5.74) is 1.37. The van der Waals surface area contributed by atoms with Crippen LogP contribution >= 0.6 is 0 Å². The van der Waals surface area contributed by atoms with Gasteiger partial charge in [-0.15, -0.1) is 0 Å². The van der Waals surface area contributed by atoms with Gasteiger partial charge in [0.15, 0.2) is 0 Å². The quantitative estimate of drug-likeness (QED) is 0.506. The number of para-hydroxylation sites is 1. The van der Waals surface area contributed by atoms with E-state index in [1.807, 2.05) is 12.1 Å². The molecule has 0 bridgehead atoms. The third kappa shape index (κ3) is 5.18. The van der Waals surface area contributed by atoms with Gasteiger partial charge in [0.25, 0.3) is 11.8 Å². The molecule has 0 spiro atoms. The van der Waals surface area contributed by atoms with Crippen LogP contribution in [0.1, 0.15) is 57.4 Å². The van der Waals surface area contributed by atoms with Crippen molar-refractivity contribution in [3.63, 3.8) is 0 Å². The molecule has 0 unspecified atom stereocenters. The van der Waals surface area contributed by atoms with Gasteiger partial charge in [-0.1, -0.05) is 45.0 Å². The Balaban J connectivity index is 1.81. The average molecular weight is 434 g/mol. The van der Waals surface area contributed by atoms with Crippen LogP contribution in [-0.4, -0.2) is 22.9 Å². The van der Waals surface area contributed by atoms with Crippen LogP contribution < -0.4 is 10.6 Å². The van der Waals surface area contributed by atoms with Crippen molar-refractivity contribution in [2.45, 2.75) is 26.2 Å². The summed E-state index contributed by atoms with van der Waals surface area (Å²) in [6, 6.07) is 16.6. The zero-order valence-electron chi connectivity index (χ0n) is 17.9. The fourth-order valence-electron chi connectivity index (χ4n) is 3.05. The van der Waals surface area contributed by atoms with Crippen molar-refractivity contribution in [1.29, 1.82) is 0 Å². The molecule has 0 aliphatic heterocycles. The van der Waals surface area contributed by atoms with Crippen LogP contribution in [0.25, 0.3) is 0 Å². The molecule has 7 heteroatoms. The molecule has 0 fully saturated rings. The number of halogens is 1. The van der Waals surface area contributed by atoms with E-state index in [0.717, 1.165) is 23.8 Å². The van der Waals surface area contributed by atoms with Gasteiger partial charge in [0, 0.05) is 5.56 Å². The molecular formula is C25H23FN2O4. The van der Waals surface area contributed by atoms with Crippen LogP contribution in [0.15, 0.2) is 66.7 Å². The van der Waals surface area contributed by atoms with E-state index in [4.69, 9.17) is 5.11 Å². The normalized spacial score (nSPS) is 11.0. The largest absolute Gasteiger partial charge is 0.478 e. The summed E-state index contributed by atoms with van der Waals surface area (Å²) in [4.78, 5) is 36.6. The van der Waals surface area contributed by atoms with Gasteiger partial charge in [-0.05, 0) is 53.4 Å². The average Bonchev–Trinajstić information content (AvgIpc) is 2.75. The Morgan fingerprint density at radius 1 is 0.781 bits per heavy atom. The molecule has 3 aromatic carbocycles. The Hall–Kier alpha value is -4.00. The van der Waals surface area contributed by atoms with Crippen molar-refractivity contribution in [1.82, 2.24) is 0 Å². The summed E-state index contributed by atoms with van der Waals surface area (Å²) in [5.74, 6) is -3.11. The van der Waals surface area contributed by atoms with Gasteiger partial charge in [-0.3, -0.25) is 9.59 Å². The zero-order valence-corrected chi connectivity index (χ0v) is 17.9. The minimum atomic E-state index is -1.24. The summed E-state index contributed by atoms with van der Waals surface area (Å²) in [7, 11) is 0. The number of hydrogen-bond acceptors (Lipinski definition) is 3. The second-order valence-electron chi connectivity index (χ2n) is 8.28. The van der Waals surface area contributed by atoms with Crippen molar-refractivity contribution in [3.8, 4) is 0 Å². The van der Waals surface area contributed by atoms with E-state index < -0.39 is 23.6 Å². The SMILES string of the molecule is CC(C)(C)c1ccc(C(=O)Nc2ccccc2C(=O)Nc2cc(C(=O)O)ccc2F)cc1. The molecule has 6 nitrogen and oxygen atoms in total. The van der Waals surface area contributed by atoms with Crippen molar-refractivity contribution in [3.05, 3.63) is 94.8 Å². The number of carboxylic acid groups (broad SMARTS) is 1. The first-order chi connectivity index (χ1) is 15.1. The monoisotopic (exact) mass is 434 g/mol. The first-order valence-corrected chi connectivity index (χ1v) is 9.91. The Kier molecular flexibility index (Phi) is 6.39. The molecule has 0 aliphatic carbocycles. The third-order valence-corrected chi connectivity index (χ3v) is 4.89. The summed E-state index contributed by atoms with van der Waals surface area (Å²) in [5, 5.41) is 14.2. The van der Waals surface area contributed by atoms with Gasteiger partial charge in [-0.25, -0.2) is 9.18 Å². The van der Waals surface area contributed by atoms with Crippen LogP contribution in [0, 0.1) is 5.82 Å². The van der Waals surface area contributed by atoms with Gasteiger partial charge < -0.3 is 15.7 Å². The summed E-state index contributed by atoms with van der Waals surface area (Å²) >= 11 is 0. The molecule has 0 aromatic heterocycles. The summed E-state index contributed by atoms with van der Waals surface area (Å²) in [6.07, 6.45) is 0. The Bertz CT molecular complexity index is 1180. The Morgan fingerprint density at radius 2 is 1.38 bits per heavy atom. The number of hydrogen-bond donors (Lipinski definition) is 3. The number of anilines is 2. The van der Waals surface area contributed by atoms with Crippen LogP contribution in [0.3, 0.4) is 0 Å². The van der Waals surface area contributed by atoms with Crippen molar-refractivity contribution >= 4 is 29.2 Å². The van der Waals surface area contributed by atoms with E-state index in [1.165, 1.54) is 6.07 Å². The van der Waals surface area contributed by atoms with E-state index in [-0.39, 0.29) is 27.9 Å². The van der Waals surface area contributed by atoms with Crippen LogP contribution in [0.2, 0.25) is 0 Å². The fourth-order valence-corrected chi connectivity index (χ4v) is 3.05. The smallest absolute Gasteiger partial charge is 0.335 e. The fraction of sp³-hybridized carbons (Fsp3) is 0.160. The molecule has 0 aliphatic rings. The first-order valence-electron chi connectivity index (χ1n) is 9.91. The lowest BCUT2D eigenvalue weighted by Crippen LogP contribution is -2.19. The van der Waals surface area contributed by atoms with E-state index in [1.54, 1.807) is 30.3 Å². The van der Waals surface area contributed by atoms with Crippen LogP contribution in [0.5, 0.6) is 0 Å². The molecule has 0 saturated heterocycles. The predicted molar refractivity (Wildman–Crippen MR) is 121 cm³/mol. The number of aromatic carboxylic acids is 1. The Labute approximate surface area is 185 Å². The van der Waals surface area contributed by atoms with Crippen molar-refractivity contribution < 1.29 is 23.9 Å². The summed E-state index contributed by atoms with van der Waals surface area (Å²) in [6.45, 7) is 6.23. The molecule has 0 heterocycles. The second-order valence-corrected chi connectivity index (χ2v) is 8.28. The maximum atomic E-state index is 14.1. The number of carbonyl (C=O) groups is 3. The molecule has 0 saturated carbocycles. The van der Waals surface area contributed by atoms with Crippen LogP contribution in [0.4, 0.5) is 15.8 Å². The molecule has 0 atom stereocenters. The number of carboxylic acids is 1. The lowest BCUT2D eigenvalue weighted by molar-refractivity contribution is 0.0696. The van der Waals surface area contributed by atoms with Gasteiger partial charge in [-0.2, -0.15) is 0 Å². The molecule has 164 valence electrons. The highest BCUT2D eigenvalue weighted by molar-refractivity contribution is 6.12. The van der Waals surface area contributed by atoms with Crippen molar-refractivity contribution in [2.24, 2.45) is 0 Å². The van der Waals surface area contributed by atoms with Crippen molar-refractivity contribution in [2.75, 3.05) is 10.6 Å². The topological polar surface area (TPSA) is 95.5 Å². The Morgan fingerprint density at radius 3 is 2.00 bits per heavy atom. The highest BCUT2D eigenvalue weighted by atomic mass is 19.1. The number of carbonyl (C=O) groups excluding carboxylic acids is 2. The number of benzene rings is 3. The molecule has 0 radical (unpaired) electrons. The highest BCUT2D eigenvalue weighted by Gasteiger charge is 2.18. The van der Waals surface area contributed by atoms with E-state index in [0.29, 0.717) is 5.56 Å². The minimum absolute atomic E-state index is 0.0487. The second kappa shape index (κ2) is 9.01. The lowest BCUT2D eigenvalue weighted by atomic mass is 9.86. The maximum Gasteiger partial charge on any atom is 0.335 e. The molecule has 2 amide bonds. The molecule has 3 rings (SSSR count). The van der Waals surface area contributed by atoms with Gasteiger partial charge in [0.05, 0.1) is 22.5 Å². The molecular weight excluding hydrogens is 411 g/mol. The highest BCUT2D eigenvalue weighted by Crippen LogP contribution is 2.24. The molecule has 3 N–H and O–H groups in total. The lowest BCUT2D eigenvalue weighted by Gasteiger charge is -2.19. The zero-order chi connectivity index (χ0) is 23.5. The third-order valence-electron chi connectivity index (χ3n) is 4.89. The molecule has 32 heavy (non-hydrogen) atoms. The number of rotatable bonds is 5. The predicted octanol–water partition coefficient (Wildman–Crippen LogP) is 5.33. The standard InChI is InChI=1S/C25H23FN2O4/c1-25(2,3)17-11-8-15(9-12-17)22(29)27-20-7-5-4-6-18(20)23(30)28-21-14-16(24(31)32)10-13-19(21)26/h4-14H,1-3H3,(H,27,29)(H,28,30)(H,31,32). The first kappa shape index (κ1) is 22.7. The van der Waals surface area contributed by atoms with Gasteiger partial charge >= 0.3 is 5.97 Å². The van der Waals surface area contributed by atoms with Gasteiger partial charge in [0.1, 0.15) is 5.82 Å². The minimum Gasteiger partial charge on any atom is -0.478 e. The number of amides is 2. The maximum absolute atomic E-state index is 14.1. The van der Waals surface area contributed by atoms with E-state index >= 15 is 0 Å². The van der Waals surface area contributed by atoms with E-state index in [9.17, 15) is 18.8 Å². The van der Waals surface area contributed by atoms with Crippen LogP contribution in [-0.2, 0) is 5.41 Å². The summed E-state index contributed by atoms with van der Waals surface area (Å²) < 4.78 is 14.1. The molecule has 3 aromatic rings. The number of nitrogens with one attached hydrogen (secondary N) is 2. The van der Waals surface area contributed by atoms with Gasteiger partial charge in [0.2, 0.25) is 0 Å². The van der Waals surface area contributed by atoms with E-state index in [2.05, 4.69) is 31.4 Å².